The van der Waals surface area contributed by atoms with E-state index in [0.29, 0.717) is 31.0 Å². The van der Waals surface area contributed by atoms with Crippen LogP contribution in [0.1, 0.15) is 31.5 Å². The molecule has 1 saturated heterocycles. The lowest BCUT2D eigenvalue weighted by molar-refractivity contribution is -0.140. The second kappa shape index (κ2) is 4.60. The molecule has 3 rings (SSSR count). The van der Waals surface area contributed by atoms with Crippen molar-refractivity contribution in [2.75, 3.05) is 0 Å². The van der Waals surface area contributed by atoms with Crippen molar-refractivity contribution in [3.63, 3.8) is 0 Å². The third-order valence-corrected chi connectivity index (χ3v) is 3.71. The van der Waals surface area contributed by atoms with E-state index in [1.165, 1.54) is 4.90 Å². The Labute approximate surface area is 110 Å². The van der Waals surface area contributed by atoms with Gasteiger partial charge in [0.2, 0.25) is 17.7 Å². The van der Waals surface area contributed by atoms with Crippen molar-refractivity contribution in [1.82, 2.24) is 15.0 Å². The zero-order valence-electron chi connectivity index (χ0n) is 10.7. The summed E-state index contributed by atoms with van der Waals surface area (Å²) >= 11 is 0. The van der Waals surface area contributed by atoms with Crippen molar-refractivity contribution in [2.45, 2.75) is 32.7 Å². The standard InChI is InChI=1S/C13H15N3O3/c1-2-11-14-10(15-19-11)7-16-12(17)8-5-3-4-6-9(8)13(16)18/h3-4,8-9H,2,5-7H2,1H3/t8-,9+. The molecule has 1 aromatic rings. The van der Waals surface area contributed by atoms with Gasteiger partial charge in [-0.25, -0.2) is 0 Å². The molecule has 1 aliphatic carbocycles. The number of aryl methyl sites for hydroxylation is 1. The van der Waals surface area contributed by atoms with Gasteiger partial charge in [0, 0.05) is 6.42 Å². The predicted octanol–water partition coefficient (Wildman–Crippen LogP) is 1.08. The van der Waals surface area contributed by atoms with E-state index in [1.807, 2.05) is 19.1 Å². The molecular formula is C13H15N3O3. The number of amides is 2. The summed E-state index contributed by atoms with van der Waals surface area (Å²) in [5.41, 5.74) is 0. The number of likely N-dealkylation sites (tertiary alicyclic amines) is 1. The average molecular weight is 261 g/mol. The predicted molar refractivity (Wildman–Crippen MR) is 64.6 cm³/mol. The van der Waals surface area contributed by atoms with Crippen LogP contribution in [0.2, 0.25) is 0 Å². The number of hydrogen-bond acceptors (Lipinski definition) is 5. The van der Waals surface area contributed by atoms with E-state index in [0.717, 1.165) is 0 Å². The van der Waals surface area contributed by atoms with E-state index in [1.54, 1.807) is 0 Å². The van der Waals surface area contributed by atoms with Crippen LogP contribution in [0, 0.1) is 11.8 Å². The molecule has 2 aliphatic rings. The number of imide groups is 1. The number of allylic oxidation sites excluding steroid dienone is 2. The van der Waals surface area contributed by atoms with Crippen molar-refractivity contribution in [3.05, 3.63) is 23.9 Å². The Bertz CT molecular complexity index is 523. The molecule has 0 bridgehead atoms. The van der Waals surface area contributed by atoms with Crippen LogP contribution in [0.4, 0.5) is 0 Å². The highest BCUT2D eigenvalue weighted by Gasteiger charge is 2.47. The van der Waals surface area contributed by atoms with Crippen molar-refractivity contribution >= 4 is 11.8 Å². The van der Waals surface area contributed by atoms with E-state index in [4.69, 9.17) is 4.52 Å². The van der Waals surface area contributed by atoms with Crippen molar-refractivity contribution in [1.29, 1.82) is 0 Å². The normalized spacial score (nSPS) is 26.1. The lowest BCUT2D eigenvalue weighted by atomic mass is 9.85. The number of carbonyl (C=O) groups excluding carboxylic acids is 2. The summed E-state index contributed by atoms with van der Waals surface area (Å²) in [6.07, 6.45) is 5.89. The zero-order chi connectivity index (χ0) is 13.4. The summed E-state index contributed by atoms with van der Waals surface area (Å²) in [5, 5.41) is 3.79. The molecule has 1 fully saturated rings. The Morgan fingerprint density at radius 3 is 2.42 bits per heavy atom. The first-order valence-corrected chi connectivity index (χ1v) is 6.52. The van der Waals surface area contributed by atoms with Gasteiger partial charge in [-0.05, 0) is 12.8 Å². The number of nitrogens with zero attached hydrogens (tertiary/aromatic N) is 3. The minimum atomic E-state index is -0.199. The maximum absolute atomic E-state index is 12.2. The first-order valence-electron chi connectivity index (χ1n) is 6.52. The van der Waals surface area contributed by atoms with Gasteiger partial charge in [-0.1, -0.05) is 24.2 Å². The molecule has 6 heteroatoms. The summed E-state index contributed by atoms with van der Waals surface area (Å²) in [4.78, 5) is 29.8. The third-order valence-electron chi connectivity index (χ3n) is 3.71. The van der Waals surface area contributed by atoms with Crippen molar-refractivity contribution < 1.29 is 14.1 Å². The maximum atomic E-state index is 12.2. The average Bonchev–Trinajstić information content (AvgIpc) is 2.99. The van der Waals surface area contributed by atoms with Crippen LogP contribution in [0.25, 0.3) is 0 Å². The van der Waals surface area contributed by atoms with Crippen molar-refractivity contribution in [3.8, 4) is 0 Å². The molecule has 2 heterocycles. The van der Waals surface area contributed by atoms with Gasteiger partial charge in [-0.3, -0.25) is 14.5 Å². The first kappa shape index (κ1) is 12.1. The van der Waals surface area contributed by atoms with Crippen LogP contribution < -0.4 is 0 Å². The van der Waals surface area contributed by atoms with Gasteiger partial charge < -0.3 is 4.52 Å². The Hall–Kier alpha value is -1.98. The summed E-state index contributed by atoms with van der Waals surface area (Å²) in [6.45, 7) is 2.03. The fraction of sp³-hybridized carbons (Fsp3) is 0.538. The van der Waals surface area contributed by atoms with Gasteiger partial charge in [-0.2, -0.15) is 4.98 Å². The highest BCUT2D eigenvalue weighted by molar-refractivity contribution is 6.05. The molecule has 0 spiro atoms. The minimum Gasteiger partial charge on any atom is -0.339 e. The smallest absolute Gasteiger partial charge is 0.233 e. The van der Waals surface area contributed by atoms with Gasteiger partial charge >= 0.3 is 0 Å². The summed E-state index contributed by atoms with van der Waals surface area (Å²) in [6, 6.07) is 0. The molecule has 2 amide bonds. The number of hydrogen-bond donors (Lipinski definition) is 0. The lowest BCUT2D eigenvalue weighted by Gasteiger charge is -2.14. The van der Waals surface area contributed by atoms with E-state index < -0.39 is 0 Å². The Morgan fingerprint density at radius 2 is 1.89 bits per heavy atom. The third kappa shape index (κ3) is 1.97. The van der Waals surface area contributed by atoms with E-state index in [9.17, 15) is 9.59 Å². The van der Waals surface area contributed by atoms with Crippen molar-refractivity contribution in [2.24, 2.45) is 11.8 Å². The summed E-state index contributed by atoms with van der Waals surface area (Å²) in [7, 11) is 0. The maximum Gasteiger partial charge on any atom is 0.233 e. The summed E-state index contributed by atoms with van der Waals surface area (Å²) < 4.78 is 4.99. The molecule has 0 radical (unpaired) electrons. The molecule has 0 N–H and O–H groups in total. The fourth-order valence-electron chi connectivity index (χ4n) is 2.66. The highest BCUT2D eigenvalue weighted by atomic mass is 16.5. The number of aromatic nitrogens is 2. The molecule has 0 aromatic carbocycles. The second-order valence-corrected chi connectivity index (χ2v) is 4.88. The molecule has 100 valence electrons. The first-order chi connectivity index (χ1) is 9.20. The Kier molecular flexibility index (Phi) is 2.93. The van der Waals surface area contributed by atoms with Gasteiger partial charge in [0.15, 0.2) is 5.82 Å². The Morgan fingerprint density at radius 1 is 1.26 bits per heavy atom. The van der Waals surface area contributed by atoms with Gasteiger partial charge in [-0.15, -0.1) is 0 Å². The molecule has 0 saturated carbocycles. The molecule has 1 aliphatic heterocycles. The molecular weight excluding hydrogens is 246 g/mol. The largest absolute Gasteiger partial charge is 0.339 e. The monoisotopic (exact) mass is 261 g/mol. The van der Waals surface area contributed by atoms with E-state index >= 15 is 0 Å². The number of carbonyl (C=O) groups is 2. The molecule has 1 aromatic heterocycles. The van der Waals surface area contributed by atoms with Gasteiger partial charge in [0.25, 0.3) is 0 Å². The lowest BCUT2D eigenvalue weighted by Crippen LogP contribution is -2.31. The Balaban J connectivity index is 1.78. The molecule has 19 heavy (non-hydrogen) atoms. The van der Waals surface area contributed by atoms with Crippen LogP contribution >= 0.6 is 0 Å². The van der Waals surface area contributed by atoms with E-state index in [-0.39, 0.29) is 30.2 Å². The quantitative estimate of drug-likeness (QED) is 0.601. The SMILES string of the molecule is CCc1nc(CN2C(=O)[C@H]3CC=CC[C@H]3C2=O)no1. The van der Waals surface area contributed by atoms with Crippen LogP contribution in [0.3, 0.4) is 0 Å². The second-order valence-electron chi connectivity index (χ2n) is 4.88. The van der Waals surface area contributed by atoms with Crippen LogP contribution in [-0.4, -0.2) is 26.9 Å². The van der Waals surface area contributed by atoms with E-state index in [2.05, 4.69) is 10.1 Å². The zero-order valence-corrected chi connectivity index (χ0v) is 10.7. The fourth-order valence-corrected chi connectivity index (χ4v) is 2.66. The van der Waals surface area contributed by atoms with Gasteiger partial charge in [0.1, 0.15) is 0 Å². The summed E-state index contributed by atoms with van der Waals surface area (Å²) in [5.74, 6) is 0.299. The molecule has 0 unspecified atom stereocenters. The number of fused-ring (bicyclic) bond motifs is 1. The number of rotatable bonds is 3. The molecule has 6 nitrogen and oxygen atoms in total. The molecule has 2 atom stereocenters. The van der Waals surface area contributed by atoms with Crippen LogP contribution in [0.15, 0.2) is 16.7 Å². The van der Waals surface area contributed by atoms with Crippen LogP contribution in [0.5, 0.6) is 0 Å². The highest BCUT2D eigenvalue weighted by Crippen LogP contribution is 2.35. The van der Waals surface area contributed by atoms with Gasteiger partial charge in [0.05, 0.1) is 18.4 Å². The van der Waals surface area contributed by atoms with Crippen LogP contribution in [-0.2, 0) is 22.6 Å². The topological polar surface area (TPSA) is 76.3 Å². The minimum absolute atomic E-state index is 0.109.